The van der Waals surface area contributed by atoms with Crippen molar-refractivity contribution in [2.45, 2.75) is 6.42 Å². The molecule has 178 valence electrons. The zero-order chi connectivity index (χ0) is 25.1. The van der Waals surface area contributed by atoms with Gasteiger partial charge >= 0.3 is 0 Å². The molecule has 2 amide bonds. The Balaban J connectivity index is 1.76. The van der Waals surface area contributed by atoms with Crippen molar-refractivity contribution in [3.8, 4) is 5.75 Å². The molecular weight excluding hydrogens is 552 g/mol. The molecule has 4 rings (SSSR count). The normalized spacial score (nSPS) is 10.8. The van der Waals surface area contributed by atoms with Crippen LogP contribution in [0.25, 0.3) is 0 Å². The van der Waals surface area contributed by atoms with E-state index in [0.717, 1.165) is 27.5 Å². The van der Waals surface area contributed by atoms with E-state index in [1.807, 2.05) is 24.3 Å². The summed E-state index contributed by atoms with van der Waals surface area (Å²) in [6.07, 6.45) is 0.428. The van der Waals surface area contributed by atoms with Gasteiger partial charge in [0.25, 0.3) is 11.8 Å². The molecule has 0 radical (unpaired) electrons. The Morgan fingerprint density at radius 1 is 0.800 bits per heavy atom. The highest BCUT2D eigenvalue weighted by Gasteiger charge is 2.33. The van der Waals surface area contributed by atoms with Gasteiger partial charge in [0.05, 0.1) is 38.3 Å². The van der Waals surface area contributed by atoms with Crippen LogP contribution in [0.2, 0.25) is 20.1 Å². The van der Waals surface area contributed by atoms with Crippen molar-refractivity contribution >= 4 is 74.7 Å². The number of nitrogens with zero attached hydrogens (tertiary/aromatic N) is 3. The minimum absolute atomic E-state index is 0.0236. The Labute approximate surface area is 225 Å². The maximum atomic E-state index is 13.6. The third kappa shape index (κ3) is 5.44. The van der Waals surface area contributed by atoms with Gasteiger partial charge in [-0.2, -0.15) is 0 Å². The summed E-state index contributed by atoms with van der Waals surface area (Å²) in [4.78, 5) is 28.1. The molecule has 1 aromatic heterocycles. The largest absolute Gasteiger partial charge is 0.497 e. The molecule has 0 saturated carbocycles. The van der Waals surface area contributed by atoms with Gasteiger partial charge in [0.2, 0.25) is 5.13 Å². The lowest BCUT2D eigenvalue weighted by atomic mass is 10.1. The van der Waals surface area contributed by atoms with Crippen molar-refractivity contribution in [3.05, 3.63) is 102 Å². The van der Waals surface area contributed by atoms with Crippen molar-refractivity contribution < 1.29 is 14.3 Å². The smallest absolute Gasteiger partial charge is 0.270 e. The number of methoxy groups -OCH3 is 1. The van der Waals surface area contributed by atoms with E-state index < -0.39 is 11.8 Å². The molecule has 0 aliphatic carbocycles. The van der Waals surface area contributed by atoms with Crippen LogP contribution in [0.5, 0.6) is 5.75 Å². The van der Waals surface area contributed by atoms with Gasteiger partial charge in [-0.1, -0.05) is 82.0 Å². The number of imide groups is 1. The monoisotopic (exact) mass is 565 g/mol. The van der Waals surface area contributed by atoms with Gasteiger partial charge in [-0.15, -0.1) is 10.2 Å². The number of hydrogen-bond donors (Lipinski definition) is 0. The van der Waals surface area contributed by atoms with Crippen molar-refractivity contribution in [2.24, 2.45) is 0 Å². The number of carbonyl (C=O) groups is 2. The van der Waals surface area contributed by atoms with E-state index in [9.17, 15) is 9.59 Å². The van der Waals surface area contributed by atoms with Gasteiger partial charge in [-0.05, 0) is 42.0 Å². The van der Waals surface area contributed by atoms with Gasteiger partial charge < -0.3 is 4.74 Å². The Hall–Kier alpha value is -2.68. The number of rotatable bonds is 6. The van der Waals surface area contributed by atoms with E-state index in [2.05, 4.69) is 10.2 Å². The van der Waals surface area contributed by atoms with Crippen molar-refractivity contribution in [1.29, 1.82) is 0 Å². The van der Waals surface area contributed by atoms with Crippen LogP contribution in [0.15, 0.2) is 60.7 Å². The van der Waals surface area contributed by atoms with E-state index in [1.54, 1.807) is 19.2 Å². The maximum absolute atomic E-state index is 13.6. The number of hydrogen-bond acceptors (Lipinski definition) is 6. The molecule has 1 heterocycles. The van der Waals surface area contributed by atoms with E-state index >= 15 is 0 Å². The Bertz CT molecular complexity index is 1310. The first-order valence-corrected chi connectivity index (χ1v) is 12.3. The molecule has 0 atom stereocenters. The molecule has 0 aliphatic rings. The Morgan fingerprint density at radius 2 is 1.29 bits per heavy atom. The lowest BCUT2D eigenvalue weighted by Gasteiger charge is -2.20. The molecule has 11 heteroatoms. The second-order valence-corrected chi connectivity index (χ2v) is 9.81. The summed E-state index contributed by atoms with van der Waals surface area (Å²) in [5.74, 6) is -0.843. The van der Waals surface area contributed by atoms with E-state index in [0.29, 0.717) is 11.4 Å². The number of aromatic nitrogens is 2. The van der Waals surface area contributed by atoms with Crippen molar-refractivity contribution in [2.75, 3.05) is 12.0 Å². The summed E-state index contributed by atoms with van der Waals surface area (Å²) in [6, 6.07) is 16.6. The third-order valence-corrected chi connectivity index (χ3v) is 7.09. The van der Waals surface area contributed by atoms with Crippen LogP contribution in [0.4, 0.5) is 5.13 Å². The topological polar surface area (TPSA) is 72.4 Å². The van der Waals surface area contributed by atoms with Gasteiger partial charge in [0.1, 0.15) is 10.8 Å². The summed E-state index contributed by atoms with van der Waals surface area (Å²) in [6.45, 7) is 0. The first kappa shape index (κ1) is 25.4. The zero-order valence-corrected chi connectivity index (χ0v) is 21.8. The molecule has 0 spiro atoms. The number of anilines is 1. The molecule has 4 aromatic rings. The number of amides is 2. The molecule has 0 unspecified atom stereocenters. The molecule has 3 aromatic carbocycles. The predicted octanol–water partition coefficient (Wildman–Crippen LogP) is 7.24. The second-order valence-electron chi connectivity index (χ2n) is 7.14. The lowest BCUT2D eigenvalue weighted by Crippen LogP contribution is -2.37. The fourth-order valence-corrected chi connectivity index (χ4v) is 5.21. The first-order valence-electron chi connectivity index (χ1n) is 10.0. The van der Waals surface area contributed by atoms with Crippen LogP contribution in [-0.4, -0.2) is 29.1 Å². The molecule has 0 bridgehead atoms. The standard InChI is InChI=1S/C24H15Cl4N3O3S/c1-34-14-10-8-13(9-11-14)12-19-29-30-24(35-19)31(22(32)20-15(25)4-2-5-16(20)26)23(33)21-17(27)6-3-7-18(21)28/h2-11H,12H2,1H3. The highest BCUT2D eigenvalue weighted by atomic mass is 35.5. The summed E-state index contributed by atoms with van der Waals surface area (Å²) < 4.78 is 5.18. The number of ether oxygens (including phenoxy) is 1. The average Bonchev–Trinajstić information content (AvgIpc) is 3.27. The number of benzene rings is 3. The van der Waals surface area contributed by atoms with Crippen molar-refractivity contribution in [3.63, 3.8) is 0 Å². The summed E-state index contributed by atoms with van der Waals surface area (Å²) in [7, 11) is 1.59. The molecule has 0 saturated heterocycles. The summed E-state index contributed by atoms with van der Waals surface area (Å²) in [5.41, 5.74) is 0.833. The molecule has 0 N–H and O–H groups in total. The van der Waals surface area contributed by atoms with Gasteiger partial charge in [0, 0.05) is 6.42 Å². The molecule has 6 nitrogen and oxygen atoms in total. The third-order valence-electron chi connectivity index (χ3n) is 4.92. The Morgan fingerprint density at radius 3 is 1.74 bits per heavy atom. The van der Waals surface area contributed by atoms with Crippen LogP contribution in [0, 0.1) is 0 Å². The average molecular weight is 567 g/mol. The number of carbonyl (C=O) groups excluding carboxylic acids is 2. The zero-order valence-electron chi connectivity index (χ0n) is 18.0. The minimum Gasteiger partial charge on any atom is -0.497 e. The lowest BCUT2D eigenvalue weighted by molar-refractivity contribution is 0.0897. The van der Waals surface area contributed by atoms with Gasteiger partial charge in [0.15, 0.2) is 0 Å². The SMILES string of the molecule is COc1ccc(Cc2nnc(N(C(=O)c3c(Cl)cccc3Cl)C(=O)c3c(Cl)cccc3Cl)s2)cc1. The fraction of sp³-hybridized carbons (Fsp3) is 0.0833. The Kier molecular flexibility index (Phi) is 7.94. The summed E-state index contributed by atoms with van der Waals surface area (Å²) in [5, 5.41) is 9.20. The van der Waals surface area contributed by atoms with Crippen LogP contribution >= 0.6 is 57.7 Å². The second kappa shape index (κ2) is 10.9. The van der Waals surface area contributed by atoms with E-state index in [1.165, 1.54) is 24.3 Å². The van der Waals surface area contributed by atoms with Crippen LogP contribution in [0.3, 0.4) is 0 Å². The van der Waals surface area contributed by atoms with Crippen LogP contribution in [-0.2, 0) is 6.42 Å². The maximum Gasteiger partial charge on any atom is 0.270 e. The molecular formula is C24H15Cl4N3O3S. The predicted molar refractivity (Wildman–Crippen MR) is 140 cm³/mol. The fourth-order valence-electron chi connectivity index (χ4n) is 3.22. The quantitative estimate of drug-likeness (QED) is 0.230. The first-order chi connectivity index (χ1) is 16.8. The molecule has 0 aliphatic heterocycles. The molecule has 0 fully saturated rings. The van der Waals surface area contributed by atoms with Gasteiger partial charge in [-0.25, -0.2) is 4.90 Å². The highest BCUT2D eigenvalue weighted by molar-refractivity contribution is 7.15. The van der Waals surface area contributed by atoms with Crippen LogP contribution in [0.1, 0.15) is 31.3 Å². The molecule has 35 heavy (non-hydrogen) atoms. The van der Waals surface area contributed by atoms with E-state index in [-0.39, 0.29) is 36.3 Å². The number of halogens is 4. The van der Waals surface area contributed by atoms with Crippen molar-refractivity contribution in [1.82, 2.24) is 10.2 Å². The van der Waals surface area contributed by atoms with E-state index in [4.69, 9.17) is 51.1 Å². The van der Waals surface area contributed by atoms with Crippen LogP contribution < -0.4 is 9.64 Å². The minimum atomic E-state index is -0.784. The van der Waals surface area contributed by atoms with Gasteiger partial charge in [-0.3, -0.25) is 9.59 Å². The summed E-state index contributed by atoms with van der Waals surface area (Å²) >= 11 is 26.1. The highest BCUT2D eigenvalue weighted by Crippen LogP contribution is 2.33.